The van der Waals surface area contributed by atoms with Gasteiger partial charge in [-0.05, 0) is 68.7 Å². The van der Waals surface area contributed by atoms with Gasteiger partial charge in [-0.25, -0.2) is 24.4 Å². The first-order valence-corrected chi connectivity index (χ1v) is 15.6. The van der Waals surface area contributed by atoms with E-state index in [1.54, 1.807) is 80.9 Å². The van der Waals surface area contributed by atoms with E-state index in [1.807, 2.05) is 0 Å². The standard InChI is InChI=1S/C35H35F3N6O5/c1-34(2,3)49-32(46)28-18-39-29(41(28)4)20-42-15-14-26(19-42)44-30-27(16-24(17-40-30)35(36,37)38)43(33(44)47)25-12-10-22(11-13-25)21-6-8-23(9-7-21)31(45)48-5/h6-13,16-18,26H,14-15,19-20H2,1-5H3/t26-/m0/s1. The van der Waals surface area contributed by atoms with E-state index in [2.05, 4.69) is 14.9 Å². The first-order chi connectivity index (χ1) is 23.1. The molecule has 14 heteroatoms. The third-order valence-corrected chi connectivity index (χ3v) is 8.48. The number of ether oxygens (including phenoxy) is 2. The van der Waals surface area contributed by atoms with Crippen molar-refractivity contribution in [3.63, 3.8) is 0 Å². The Morgan fingerprint density at radius 3 is 2.20 bits per heavy atom. The summed E-state index contributed by atoms with van der Waals surface area (Å²) in [5, 5.41) is 0. The summed E-state index contributed by atoms with van der Waals surface area (Å²) in [4.78, 5) is 49.2. The number of nitrogens with zero attached hydrogens (tertiary/aromatic N) is 6. The Bertz CT molecular complexity index is 2090. The number of rotatable bonds is 7. The molecule has 0 bridgehead atoms. The quantitative estimate of drug-likeness (QED) is 0.199. The number of hydrogen-bond donors (Lipinski definition) is 0. The van der Waals surface area contributed by atoms with Crippen LogP contribution in [0.2, 0.25) is 0 Å². The van der Waals surface area contributed by atoms with E-state index in [1.165, 1.54) is 22.4 Å². The summed E-state index contributed by atoms with van der Waals surface area (Å²) in [6.07, 6.45) is -1.89. The van der Waals surface area contributed by atoms with Gasteiger partial charge in [0.15, 0.2) is 5.65 Å². The number of methoxy groups -OCH3 is 1. The summed E-state index contributed by atoms with van der Waals surface area (Å²) < 4.78 is 56.1. The molecule has 3 aromatic heterocycles. The number of likely N-dealkylation sites (tertiary alicyclic amines) is 1. The van der Waals surface area contributed by atoms with Crippen LogP contribution in [0.1, 0.15) is 65.5 Å². The van der Waals surface area contributed by atoms with Crippen LogP contribution in [0.5, 0.6) is 0 Å². The van der Waals surface area contributed by atoms with Crippen LogP contribution in [-0.4, -0.2) is 66.3 Å². The molecule has 4 heterocycles. The van der Waals surface area contributed by atoms with Gasteiger partial charge in [0.25, 0.3) is 0 Å². The number of alkyl halides is 3. The Morgan fingerprint density at radius 1 is 0.939 bits per heavy atom. The number of halogens is 3. The molecule has 0 N–H and O–H groups in total. The van der Waals surface area contributed by atoms with Crippen molar-refractivity contribution < 1.29 is 32.2 Å². The van der Waals surface area contributed by atoms with Gasteiger partial charge in [0.2, 0.25) is 0 Å². The number of pyridine rings is 1. The van der Waals surface area contributed by atoms with Gasteiger partial charge in [0, 0.05) is 26.3 Å². The van der Waals surface area contributed by atoms with Crippen molar-refractivity contribution in [2.75, 3.05) is 20.2 Å². The molecule has 1 fully saturated rings. The lowest BCUT2D eigenvalue weighted by Gasteiger charge is -2.20. The van der Waals surface area contributed by atoms with Gasteiger partial charge in [-0.15, -0.1) is 0 Å². The number of carbonyl (C=O) groups excluding carboxylic acids is 2. The Kier molecular flexibility index (Phi) is 8.69. The molecule has 0 amide bonds. The van der Waals surface area contributed by atoms with Crippen molar-refractivity contribution in [1.29, 1.82) is 0 Å². The molecule has 49 heavy (non-hydrogen) atoms. The van der Waals surface area contributed by atoms with Crippen molar-refractivity contribution in [2.24, 2.45) is 7.05 Å². The lowest BCUT2D eigenvalue weighted by atomic mass is 10.0. The second-order valence-corrected chi connectivity index (χ2v) is 13.0. The van der Waals surface area contributed by atoms with Crippen molar-refractivity contribution in [1.82, 2.24) is 28.6 Å². The zero-order chi connectivity index (χ0) is 35.2. The summed E-state index contributed by atoms with van der Waals surface area (Å²) in [6, 6.07) is 14.2. The van der Waals surface area contributed by atoms with E-state index in [0.717, 1.165) is 23.4 Å². The maximum atomic E-state index is 14.1. The predicted octanol–water partition coefficient (Wildman–Crippen LogP) is 5.80. The van der Waals surface area contributed by atoms with Gasteiger partial charge in [-0.1, -0.05) is 24.3 Å². The van der Waals surface area contributed by atoms with E-state index in [0.29, 0.717) is 48.8 Å². The molecule has 1 atom stereocenters. The third-order valence-electron chi connectivity index (χ3n) is 8.48. The molecule has 0 radical (unpaired) electrons. The normalized spacial score (nSPS) is 15.6. The van der Waals surface area contributed by atoms with Crippen LogP contribution < -0.4 is 5.69 Å². The highest BCUT2D eigenvalue weighted by Gasteiger charge is 2.34. The summed E-state index contributed by atoms with van der Waals surface area (Å²) in [7, 11) is 3.04. The number of fused-ring (bicyclic) bond motifs is 1. The molecule has 0 aliphatic carbocycles. The molecule has 0 spiro atoms. The van der Waals surface area contributed by atoms with Crippen molar-refractivity contribution in [3.05, 3.63) is 100 Å². The van der Waals surface area contributed by atoms with E-state index in [9.17, 15) is 27.6 Å². The third kappa shape index (κ3) is 6.73. The molecule has 11 nitrogen and oxygen atoms in total. The smallest absolute Gasteiger partial charge is 0.417 e. The Hall–Kier alpha value is -5.24. The SMILES string of the molecule is COC(=O)c1ccc(-c2ccc(-n3c(=O)n([C@H]4CCN(Cc5ncc(C(=O)OC(C)(C)C)n5C)C4)c4ncc(C(F)(F)F)cc43)cc2)cc1. The van der Waals surface area contributed by atoms with Gasteiger partial charge in [0.1, 0.15) is 17.1 Å². The maximum absolute atomic E-state index is 14.1. The molecule has 5 aromatic rings. The molecule has 0 saturated carbocycles. The number of hydrogen-bond acceptors (Lipinski definition) is 8. The fraction of sp³-hybridized carbons (Fsp3) is 0.343. The molecule has 2 aromatic carbocycles. The second-order valence-electron chi connectivity index (χ2n) is 13.0. The van der Waals surface area contributed by atoms with Crippen LogP contribution in [-0.2, 0) is 29.2 Å². The minimum absolute atomic E-state index is 0.0413. The zero-order valence-corrected chi connectivity index (χ0v) is 27.6. The second kappa shape index (κ2) is 12.7. The van der Waals surface area contributed by atoms with Crippen molar-refractivity contribution in [3.8, 4) is 16.8 Å². The summed E-state index contributed by atoms with van der Waals surface area (Å²) in [5.74, 6) is -0.315. The van der Waals surface area contributed by atoms with E-state index >= 15 is 0 Å². The van der Waals surface area contributed by atoms with Gasteiger partial charge >= 0.3 is 23.8 Å². The van der Waals surface area contributed by atoms with Gasteiger partial charge in [-0.3, -0.25) is 14.0 Å². The van der Waals surface area contributed by atoms with Crippen LogP contribution in [0.3, 0.4) is 0 Å². The highest BCUT2D eigenvalue weighted by molar-refractivity contribution is 5.90. The molecule has 0 unspecified atom stereocenters. The molecule has 1 saturated heterocycles. The van der Waals surface area contributed by atoms with E-state index < -0.39 is 35.0 Å². The molecular formula is C35H35F3N6O5. The molecule has 1 aliphatic heterocycles. The zero-order valence-electron chi connectivity index (χ0n) is 27.6. The van der Waals surface area contributed by atoms with E-state index in [-0.39, 0.29) is 17.2 Å². The fourth-order valence-corrected chi connectivity index (χ4v) is 6.03. The monoisotopic (exact) mass is 676 g/mol. The van der Waals surface area contributed by atoms with Crippen LogP contribution in [0, 0.1) is 0 Å². The van der Waals surface area contributed by atoms with Gasteiger partial charge in [-0.2, -0.15) is 13.2 Å². The molecular weight excluding hydrogens is 641 g/mol. The molecule has 6 rings (SSSR count). The Morgan fingerprint density at radius 2 is 1.59 bits per heavy atom. The Labute approximate surface area is 279 Å². The molecule has 256 valence electrons. The van der Waals surface area contributed by atoms with Gasteiger partial charge in [0.05, 0.1) is 48.2 Å². The number of esters is 2. The molecule has 1 aliphatic rings. The number of aromatic nitrogens is 5. The minimum atomic E-state index is -4.66. The van der Waals surface area contributed by atoms with Crippen LogP contribution in [0.15, 0.2) is 71.8 Å². The highest BCUT2D eigenvalue weighted by atomic mass is 19.4. The lowest BCUT2D eigenvalue weighted by molar-refractivity contribution is -0.137. The summed E-state index contributed by atoms with van der Waals surface area (Å²) >= 11 is 0. The van der Waals surface area contributed by atoms with Crippen LogP contribution in [0.4, 0.5) is 13.2 Å². The number of benzene rings is 2. The summed E-state index contributed by atoms with van der Waals surface area (Å²) in [6.45, 7) is 6.74. The maximum Gasteiger partial charge on any atom is 0.417 e. The fourth-order valence-electron chi connectivity index (χ4n) is 6.03. The van der Waals surface area contributed by atoms with Gasteiger partial charge < -0.3 is 14.0 Å². The lowest BCUT2D eigenvalue weighted by Crippen LogP contribution is -2.29. The number of imidazole rings is 2. The highest BCUT2D eigenvalue weighted by Crippen LogP contribution is 2.33. The Balaban J connectivity index is 1.30. The topological polar surface area (TPSA) is 113 Å². The van der Waals surface area contributed by atoms with Crippen LogP contribution >= 0.6 is 0 Å². The number of carbonyl (C=O) groups is 2. The van der Waals surface area contributed by atoms with Crippen molar-refractivity contribution >= 4 is 23.1 Å². The summed E-state index contributed by atoms with van der Waals surface area (Å²) in [5.41, 5.74) is 0.726. The first kappa shape index (κ1) is 33.7. The predicted molar refractivity (Wildman–Crippen MR) is 174 cm³/mol. The largest absolute Gasteiger partial charge is 0.465 e. The average Bonchev–Trinajstić information content (AvgIpc) is 3.74. The first-order valence-electron chi connectivity index (χ1n) is 15.6. The van der Waals surface area contributed by atoms with E-state index in [4.69, 9.17) is 9.47 Å². The van der Waals surface area contributed by atoms with Crippen molar-refractivity contribution in [2.45, 2.75) is 51.6 Å². The minimum Gasteiger partial charge on any atom is -0.465 e. The average molecular weight is 677 g/mol. The van der Waals surface area contributed by atoms with Crippen LogP contribution in [0.25, 0.3) is 28.0 Å².